The van der Waals surface area contributed by atoms with Gasteiger partial charge in [0.25, 0.3) is 0 Å². The fraction of sp³-hybridized carbons (Fsp3) is 0.485. The number of amidine groups is 1. The van der Waals surface area contributed by atoms with Crippen molar-refractivity contribution < 1.29 is 31.5 Å². The molecule has 2 fully saturated rings. The molecule has 2 saturated heterocycles. The van der Waals surface area contributed by atoms with Crippen LogP contribution in [0.25, 0.3) is 11.1 Å². The number of halogens is 3. The van der Waals surface area contributed by atoms with Crippen molar-refractivity contribution in [3.05, 3.63) is 59.1 Å². The van der Waals surface area contributed by atoms with E-state index in [0.29, 0.717) is 62.7 Å². The Hall–Kier alpha value is -3.55. The van der Waals surface area contributed by atoms with Crippen molar-refractivity contribution >= 4 is 45.3 Å². The zero-order valence-corrected chi connectivity index (χ0v) is 28.4. The lowest BCUT2D eigenvalue weighted by Gasteiger charge is -2.46. The van der Waals surface area contributed by atoms with Crippen molar-refractivity contribution in [2.75, 3.05) is 62.8 Å². The van der Waals surface area contributed by atoms with Gasteiger partial charge in [0.05, 0.1) is 28.3 Å². The van der Waals surface area contributed by atoms with Crippen LogP contribution >= 0.6 is 11.6 Å². The summed E-state index contributed by atoms with van der Waals surface area (Å²) in [6.07, 6.45) is 3.25. The highest BCUT2D eigenvalue weighted by Gasteiger charge is 2.39. The predicted octanol–water partition coefficient (Wildman–Crippen LogP) is 4.00. The Bertz CT molecular complexity index is 1680. The molecule has 2 aromatic rings. The van der Waals surface area contributed by atoms with E-state index < -0.39 is 27.5 Å². The predicted molar refractivity (Wildman–Crippen MR) is 179 cm³/mol. The average Bonchev–Trinajstić information content (AvgIpc) is 3.03. The minimum atomic E-state index is -3.00. The van der Waals surface area contributed by atoms with Crippen molar-refractivity contribution in [3.63, 3.8) is 0 Å². The molecule has 0 unspecified atom stereocenters. The van der Waals surface area contributed by atoms with Gasteiger partial charge < -0.3 is 24.3 Å². The van der Waals surface area contributed by atoms with E-state index in [0.717, 1.165) is 18.5 Å². The number of piperazine rings is 1. The Balaban J connectivity index is 1.54. The Kier molecular flexibility index (Phi) is 10.6. The second-order valence-electron chi connectivity index (χ2n) is 12.3. The summed E-state index contributed by atoms with van der Waals surface area (Å²) in [5.74, 6) is -0.774. The maximum absolute atomic E-state index is 15.2. The summed E-state index contributed by atoms with van der Waals surface area (Å²) in [6.45, 7) is 10.1. The van der Waals surface area contributed by atoms with Gasteiger partial charge in [-0.15, -0.1) is 0 Å². The van der Waals surface area contributed by atoms with Crippen LogP contribution in [0.4, 0.5) is 14.5 Å². The van der Waals surface area contributed by atoms with Gasteiger partial charge in [-0.3, -0.25) is 14.6 Å². The molecule has 5 rings (SSSR count). The Morgan fingerprint density at radius 2 is 1.81 bits per heavy atom. The minimum Gasteiger partial charge on any atom is -0.488 e. The molecule has 2 amide bonds. The van der Waals surface area contributed by atoms with Crippen molar-refractivity contribution in [2.24, 2.45) is 4.99 Å². The third-order valence-electron chi connectivity index (χ3n) is 9.21. The molecule has 0 bridgehead atoms. The summed E-state index contributed by atoms with van der Waals surface area (Å²) in [5, 5.41) is 0.135. The van der Waals surface area contributed by atoms with Gasteiger partial charge in [0.15, 0.2) is 15.6 Å². The summed E-state index contributed by atoms with van der Waals surface area (Å²) in [7, 11) is -1.37. The smallest absolute Gasteiger partial charge is 0.246 e. The fourth-order valence-corrected chi connectivity index (χ4v) is 8.28. The number of rotatable bonds is 8. The number of sulfone groups is 1. The van der Waals surface area contributed by atoms with Gasteiger partial charge in [0, 0.05) is 68.1 Å². The molecule has 47 heavy (non-hydrogen) atoms. The van der Waals surface area contributed by atoms with Crippen LogP contribution in [0.5, 0.6) is 5.75 Å². The molecular formula is C33H40ClF2N5O5S. The second kappa shape index (κ2) is 14.3. The van der Waals surface area contributed by atoms with E-state index in [-0.39, 0.29) is 58.0 Å². The molecule has 2 aromatic carbocycles. The molecule has 3 aliphatic heterocycles. The van der Waals surface area contributed by atoms with Crippen molar-refractivity contribution in [1.29, 1.82) is 0 Å². The molecule has 3 heterocycles. The molecule has 254 valence electrons. The molecule has 0 aromatic heterocycles. The Labute approximate surface area is 279 Å². The fourth-order valence-electron chi connectivity index (χ4n) is 6.70. The number of nitrogens with zero attached hydrogens (tertiary/aromatic N) is 5. The van der Waals surface area contributed by atoms with Crippen LogP contribution < -0.4 is 9.64 Å². The van der Waals surface area contributed by atoms with E-state index in [1.165, 1.54) is 12.1 Å². The largest absolute Gasteiger partial charge is 0.488 e. The molecule has 0 radical (unpaired) electrons. The lowest BCUT2D eigenvalue weighted by Crippen LogP contribution is -2.59. The highest BCUT2D eigenvalue weighted by atomic mass is 35.5. The Morgan fingerprint density at radius 3 is 2.45 bits per heavy atom. The number of amides is 2. The van der Waals surface area contributed by atoms with Crippen LogP contribution in [0.1, 0.15) is 32.3 Å². The molecule has 0 spiro atoms. The van der Waals surface area contributed by atoms with Gasteiger partial charge in [0.1, 0.15) is 24.1 Å². The third-order valence-corrected chi connectivity index (χ3v) is 11.1. The summed E-state index contributed by atoms with van der Waals surface area (Å²) in [5.41, 5.74) is 1.09. The maximum atomic E-state index is 15.2. The first-order chi connectivity index (χ1) is 22.4. The topological polar surface area (TPSA) is 103 Å². The number of anilines is 1. The summed E-state index contributed by atoms with van der Waals surface area (Å²) in [4.78, 5) is 37.6. The number of carbonyl (C=O) groups is 2. The average molecular weight is 692 g/mol. The summed E-state index contributed by atoms with van der Waals surface area (Å²) < 4.78 is 59.2. The van der Waals surface area contributed by atoms with E-state index in [2.05, 4.69) is 21.4 Å². The minimum absolute atomic E-state index is 0.0251. The zero-order valence-electron chi connectivity index (χ0n) is 26.8. The standard InChI is InChI=1S/C33H40ClF2N5O5S/c1-5-29(43)39-17-22(3)40(18-21(39)2)33(37-4)26-16-27(34)30(25-9-8-23(35)15-28(25)36)32-31(26)41(20-42)24(19-46-32)7-6-10-38-11-13-47(44,45)14-12-38/h5,8-9,15-16,20-22,24H,1,6-7,10-14,17-19H2,2-4H3/t21-,22+,24+/m1/s1. The highest BCUT2D eigenvalue weighted by molar-refractivity contribution is 7.91. The first-order valence-electron chi connectivity index (χ1n) is 15.7. The summed E-state index contributed by atoms with van der Waals surface area (Å²) in [6, 6.07) is 4.09. The summed E-state index contributed by atoms with van der Waals surface area (Å²) >= 11 is 6.89. The SMILES string of the molecule is C=CC(=O)N1C[C@H](C)N(C(=NC)c2cc(Cl)c(-c3ccc(F)cc3F)c3c2N(C=O)[C@@H](CCCN2CCS(=O)(=O)CC2)CO3)C[C@H]1C. The third kappa shape index (κ3) is 7.17. The first kappa shape index (κ1) is 34.8. The van der Waals surface area contributed by atoms with Crippen molar-refractivity contribution in [3.8, 4) is 16.9 Å². The van der Waals surface area contributed by atoms with Gasteiger partial charge in [-0.2, -0.15) is 0 Å². The van der Waals surface area contributed by atoms with Gasteiger partial charge >= 0.3 is 0 Å². The van der Waals surface area contributed by atoms with Crippen LogP contribution in [0.2, 0.25) is 5.02 Å². The van der Waals surface area contributed by atoms with E-state index in [9.17, 15) is 22.4 Å². The number of hydrogen-bond donors (Lipinski definition) is 0. The molecule has 0 aliphatic carbocycles. The number of ether oxygens (including phenoxy) is 1. The van der Waals surface area contributed by atoms with Gasteiger partial charge in [-0.25, -0.2) is 17.2 Å². The quantitative estimate of drug-likeness (QED) is 0.179. The normalized spacial score (nSPS) is 23.2. The molecular weight excluding hydrogens is 652 g/mol. The van der Waals surface area contributed by atoms with Crippen LogP contribution in [-0.4, -0.2) is 117 Å². The zero-order chi connectivity index (χ0) is 34.0. The van der Waals surface area contributed by atoms with Crippen molar-refractivity contribution in [2.45, 2.75) is 44.8 Å². The number of aliphatic imine (C=N–C) groups is 1. The van der Waals surface area contributed by atoms with Crippen LogP contribution in [0.3, 0.4) is 0 Å². The highest BCUT2D eigenvalue weighted by Crippen LogP contribution is 2.49. The van der Waals surface area contributed by atoms with Gasteiger partial charge in [-0.05, 0) is 57.5 Å². The van der Waals surface area contributed by atoms with Gasteiger partial charge in [0.2, 0.25) is 12.3 Å². The van der Waals surface area contributed by atoms with Crippen LogP contribution in [-0.2, 0) is 19.4 Å². The number of carbonyl (C=O) groups excluding carboxylic acids is 2. The number of fused-ring (bicyclic) bond motifs is 1. The molecule has 10 nitrogen and oxygen atoms in total. The maximum Gasteiger partial charge on any atom is 0.246 e. The number of benzene rings is 2. The molecule has 14 heteroatoms. The lowest BCUT2D eigenvalue weighted by atomic mass is 9.95. The Morgan fingerprint density at radius 1 is 1.13 bits per heavy atom. The molecule has 0 N–H and O–H groups in total. The lowest BCUT2D eigenvalue weighted by molar-refractivity contribution is -0.130. The molecule has 3 atom stereocenters. The molecule has 3 aliphatic rings. The van der Waals surface area contributed by atoms with E-state index in [1.807, 2.05) is 13.8 Å². The van der Waals surface area contributed by atoms with Gasteiger partial charge in [-0.1, -0.05) is 18.2 Å². The van der Waals surface area contributed by atoms with E-state index >= 15 is 4.39 Å². The monoisotopic (exact) mass is 691 g/mol. The first-order valence-corrected chi connectivity index (χ1v) is 17.9. The van der Waals surface area contributed by atoms with Crippen molar-refractivity contribution in [1.82, 2.24) is 14.7 Å². The van der Waals surface area contributed by atoms with E-state index in [1.54, 1.807) is 22.9 Å². The van der Waals surface area contributed by atoms with Crippen LogP contribution in [0.15, 0.2) is 41.9 Å². The molecule has 0 saturated carbocycles. The second-order valence-corrected chi connectivity index (χ2v) is 15.0. The number of hydrogen-bond acceptors (Lipinski definition) is 7. The van der Waals surface area contributed by atoms with Crippen LogP contribution in [0, 0.1) is 11.6 Å². The van der Waals surface area contributed by atoms with E-state index in [4.69, 9.17) is 16.3 Å².